The fourth-order valence-electron chi connectivity index (χ4n) is 8.45. The minimum absolute atomic E-state index is 0.108. The van der Waals surface area contributed by atoms with E-state index in [0.717, 1.165) is 88.6 Å². The number of fused-ring (bicyclic) bond motifs is 6. The van der Waals surface area contributed by atoms with Gasteiger partial charge in [-0.3, -0.25) is 24.5 Å². The second kappa shape index (κ2) is 15.1. The first-order chi connectivity index (χ1) is 26.0. The number of benzene rings is 1. The smallest absolute Gasteiger partial charge is 0.324 e. The summed E-state index contributed by atoms with van der Waals surface area (Å²) in [6.07, 6.45) is 6.90. The van der Waals surface area contributed by atoms with Crippen molar-refractivity contribution < 1.29 is 19.1 Å². The maximum Gasteiger partial charge on any atom is 0.324 e. The Morgan fingerprint density at radius 1 is 1.11 bits per heavy atom. The summed E-state index contributed by atoms with van der Waals surface area (Å²) in [4.78, 5) is 42.3. The highest BCUT2D eigenvalue weighted by Crippen LogP contribution is 2.43. The number of carbonyl (C=O) groups is 2. The number of esters is 1. The number of thiazole rings is 1. The molecule has 4 aliphatic rings. The lowest BCUT2D eigenvalue weighted by atomic mass is 9.84. The van der Waals surface area contributed by atoms with Gasteiger partial charge in [-0.1, -0.05) is 19.9 Å². The summed E-state index contributed by atoms with van der Waals surface area (Å²) in [6, 6.07) is 9.18. The number of piperazine rings is 1. The number of rotatable bonds is 6. The van der Waals surface area contributed by atoms with Gasteiger partial charge in [-0.2, -0.15) is 0 Å². The zero-order chi connectivity index (χ0) is 37.7. The number of cyclic esters (lactones) is 1. The molecule has 3 aromatic heterocycles. The average Bonchev–Trinajstić information content (AvgIpc) is 3.87. The van der Waals surface area contributed by atoms with Gasteiger partial charge in [-0.05, 0) is 69.7 Å². The third kappa shape index (κ3) is 7.37. The summed E-state index contributed by atoms with van der Waals surface area (Å²) in [5.41, 5.74) is 10.8. The summed E-state index contributed by atoms with van der Waals surface area (Å²) >= 11 is 1.57. The van der Waals surface area contributed by atoms with Crippen molar-refractivity contribution in [2.45, 2.75) is 96.5 Å². The lowest BCUT2D eigenvalue weighted by Gasteiger charge is -2.36. The Hall–Kier alpha value is -3.62. The second-order valence-electron chi connectivity index (χ2n) is 16.2. The molecule has 11 nitrogen and oxygen atoms in total. The van der Waals surface area contributed by atoms with Gasteiger partial charge in [0.05, 0.1) is 46.7 Å². The minimum atomic E-state index is -0.583. The predicted molar refractivity (Wildman–Crippen MR) is 214 cm³/mol. The lowest BCUT2D eigenvalue weighted by Crippen LogP contribution is -2.56. The van der Waals surface area contributed by atoms with E-state index < -0.39 is 17.0 Å². The van der Waals surface area contributed by atoms with Crippen LogP contribution in [0.2, 0.25) is 5.54 Å². The number of nitrogens with one attached hydrogen (secondary N) is 1. The van der Waals surface area contributed by atoms with Crippen molar-refractivity contribution in [1.82, 2.24) is 29.9 Å². The number of aromatic nitrogens is 3. The van der Waals surface area contributed by atoms with E-state index in [-0.39, 0.29) is 24.6 Å². The van der Waals surface area contributed by atoms with Crippen LogP contribution in [0.3, 0.4) is 0 Å². The van der Waals surface area contributed by atoms with E-state index in [1.807, 2.05) is 6.20 Å². The third-order valence-corrected chi connectivity index (χ3v) is 13.0. The zero-order valence-corrected chi connectivity index (χ0v) is 34.0. The first-order valence-electron chi connectivity index (χ1n) is 19.6. The molecule has 1 aliphatic carbocycles. The predicted octanol–water partition coefficient (Wildman–Crippen LogP) is 5.96. The molecule has 6 heterocycles. The minimum Gasteiger partial charge on any atom is -0.464 e. The number of carbonyl (C=O) groups excluding carboxylic acids is 2. The van der Waals surface area contributed by atoms with Gasteiger partial charge in [0, 0.05) is 107 Å². The van der Waals surface area contributed by atoms with Crippen molar-refractivity contribution >= 4 is 50.0 Å². The standard InChI is InChI=1S/C41H52N7O4SSi/c1-6-47-34-12-9-26-18-29(34)31(38(47)30-19-28(22-42-37(30)25(2)51-5)46-16-14-45(15-17-46)27-10-11-27)21-41(3,4)24-52-40(50)32-8-7-13-48(44-32)39(49)35(54)20-36-43-33(26)23-53-36/h9,12,18-19,22-23,25,27,32,35,44H,6-8,10-11,13-17,20-21,24H2,1-5H3/t25-,32-,35?/m0/s1. The number of nitrogens with zero attached hydrogens (tertiary/aromatic N) is 6. The van der Waals surface area contributed by atoms with Crippen molar-refractivity contribution in [2.24, 2.45) is 5.41 Å². The third-order valence-electron chi connectivity index (χ3n) is 11.6. The van der Waals surface area contributed by atoms with Gasteiger partial charge < -0.3 is 18.9 Å². The Bertz CT molecular complexity index is 2030. The van der Waals surface area contributed by atoms with Gasteiger partial charge in [0.2, 0.25) is 5.91 Å². The maximum absolute atomic E-state index is 13.6. The number of aryl methyl sites for hydroxylation is 1. The largest absolute Gasteiger partial charge is 0.464 e. The SMILES string of the molecule is CCn1c(-c2cc(N3CCN(C4CC4)CC3)cnc2[C@H](C)OC)c2c3cc(ccc31)-c1csc(n1)CC([Si])C(=O)N1CCC[C@H](N1)C(=O)OCC(C)(C)C2. The van der Waals surface area contributed by atoms with Crippen molar-refractivity contribution in [3.05, 3.63) is 52.1 Å². The van der Waals surface area contributed by atoms with Gasteiger partial charge in [-0.15, -0.1) is 11.3 Å². The molecule has 285 valence electrons. The number of anilines is 1. The normalized spacial score (nSPS) is 23.4. The number of hydrogen-bond donors (Lipinski definition) is 1. The van der Waals surface area contributed by atoms with Gasteiger partial charge in [0.1, 0.15) is 6.04 Å². The Morgan fingerprint density at radius 2 is 1.91 bits per heavy atom. The molecule has 1 amide bonds. The van der Waals surface area contributed by atoms with E-state index in [1.54, 1.807) is 23.5 Å². The number of hydrogen-bond acceptors (Lipinski definition) is 10. The highest BCUT2D eigenvalue weighted by Gasteiger charge is 2.35. The summed E-state index contributed by atoms with van der Waals surface area (Å²) in [5.74, 6) is -0.437. The monoisotopic (exact) mass is 766 g/mol. The van der Waals surface area contributed by atoms with Crippen molar-refractivity contribution in [1.29, 1.82) is 0 Å². The molecule has 3 radical (unpaired) electrons. The van der Waals surface area contributed by atoms with Crippen LogP contribution in [0.25, 0.3) is 33.4 Å². The molecule has 2 saturated heterocycles. The Labute approximate surface area is 325 Å². The first kappa shape index (κ1) is 37.3. The molecule has 54 heavy (non-hydrogen) atoms. The molecule has 8 rings (SSSR count). The van der Waals surface area contributed by atoms with E-state index in [4.69, 9.17) is 19.4 Å². The molecule has 3 aliphatic heterocycles. The Morgan fingerprint density at radius 3 is 2.65 bits per heavy atom. The van der Waals surface area contributed by atoms with Gasteiger partial charge >= 0.3 is 5.97 Å². The fraction of sp³-hybridized carbons (Fsp3) is 0.561. The average molecular weight is 767 g/mol. The van der Waals surface area contributed by atoms with Crippen molar-refractivity contribution in [2.75, 3.05) is 51.3 Å². The van der Waals surface area contributed by atoms with Gasteiger partial charge in [0.25, 0.3) is 0 Å². The molecule has 1 saturated carbocycles. The van der Waals surface area contributed by atoms with Crippen LogP contribution in [0, 0.1) is 5.41 Å². The van der Waals surface area contributed by atoms with E-state index in [9.17, 15) is 9.59 Å². The highest BCUT2D eigenvalue weighted by molar-refractivity contribution is 7.10. The van der Waals surface area contributed by atoms with Gasteiger partial charge in [-0.25, -0.2) is 10.4 Å². The van der Waals surface area contributed by atoms with E-state index in [1.165, 1.54) is 18.4 Å². The number of methoxy groups -OCH3 is 1. The van der Waals surface area contributed by atoms with Crippen LogP contribution in [-0.2, 0) is 38.4 Å². The molecule has 1 N–H and O–H groups in total. The quantitative estimate of drug-likeness (QED) is 0.188. The molecule has 0 spiro atoms. The molecule has 13 heteroatoms. The maximum atomic E-state index is 13.6. The number of amides is 1. The van der Waals surface area contributed by atoms with Crippen LogP contribution in [0.4, 0.5) is 5.69 Å². The molecule has 1 unspecified atom stereocenters. The molecular weight excluding hydrogens is 715 g/mol. The van der Waals surface area contributed by atoms with E-state index >= 15 is 0 Å². The van der Waals surface area contributed by atoms with Crippen molar-refractivity contribution in [3.8, 4) is 22.5 Å². The van der Waals surface area contributed by atoms with Crippen LogP contribution in [-0.4, -0.2) is 105 Å². The van der Waals surface area contributed by atoms with E-state index in [0.29, 0.717) is 32.2 Å². The zero-order valence-electron chi connectivity index (χ0n) is 32.2. The molecule has 1 aromatic carbocycles. The number of hydrazine groups is 1. The molecule has 6 bridgehead atoms. The summed E-state index contributed by atoms with van der Waals surface area (Å²) in [5, 5.41) is 5.69. The molecule has 3 fully saturated rings. The topological polar surface area (TPSA) is 105 Å². The fourth-order valence-corrected chi connectivity index (χ4v) is 9.79. The van der Waals surface area contributed by atoms with Crippen LogP contribution >= 0.6 is 11.3 Å². The molecule has 3 atom stereocenters. The van der Waals surface area contributed by atoms with Crippen LogP contribution in [0.5, 0.6) is 0 Å². The molecular formula is C41H52N7O4SSi. The van der Waals surface area contributed by atoms with E-state index in [2.05, 4.69) is 87.4 Å². The summed E-state index contributed by atoms with van der Waals surface area (Å²) in [7, 11) is 5.44. The number of ether oxygens (including phenoxy) is 2. The number of pyridine rings is 1. The first-order valence-corrected chi connectivity index (χ1v) is 21.1. The Balaban J connectivity index is 1.26. The highest BCUT2D eigenvalue weighted by atomic mass is 32.1. The Kier molecular flexibility index (Phi) is 10.5. The van der Waals surface area contributed by atoms with Crippen LogP contribution in [0.1, 0.15) is 75.7 Å². The van der Waals surface area contributed by atoms with Gasteiger partial charge in [0.15, 0.2) is 0 Å². The lowest BCUT2D eigenvalue weighted by molar-refractivity contribution is -0.154. The summed E-state index contributed by atoms with van der Waals surface area (Å²) in [6.45, 7) is 14.2. The summed E-state index contributed by atoms with van der Waals surface area (Å²) < 4.78 is 14.5. The molecule has 4 aromatic rings. The van der Waals surface area contributed by atoms with Crippen molar-refractivity contribution in [3.63, 3.8) is 0 Å². The second-order valence-corrected chi connectivity index (χ2v) is 17.8. The van der Waals surface area contributed by atoms with Crippen LogP contribution in [0.15, 0.2) is 35.8 Å². The van der Waals surface area contributed by atoms with Crippen LogP contribution < -0.4 is 10.3 Å².